The summed E-state index contributed by atoms with van der Waals surface area (Å²) in [7, 11) is -2.01. The van der Waals surface area contributed by atoms with Crippen molar-refractivity contribution in [2.45, 2.75) is 64.1 Å². The van der Waals surface area contributed by atoms with Crippen LogP contribution in [0.1, 0.15) is 32.8 Å². The van der Waals surface area contributed by atoms with Crippen LogP contribution in [0.4, 0.5) is 10.5 Å². The molecule has 0 aliphatic carbocycles. The van der Waals surface area contributed by atoms with Gasteiger partial charge in [-0.05, 0) is 42.2 Å². The maximum absolute atomic E-state index is 12.9. The predicted molar refractivity (Wildman–Crippen MR) is 127 cm³/mol. The van der Waals surface area contributed by atoms with Crippen molar-refractivity contribution in [1.29, 1.82) is 0 Å². The van der Waals surface area contributed by atoms with Gasteiger partial charge in [-0.15, -0.1) is 11.8 Å². The van der Waals surface area contributed by atoms with Gasteiger partial charge in [0.25, 0.3) is 5.69 Å². The summed E-state index contributed by atoms with van der Waals surface area (Å²) in [6.07, 6.45) is 0.113. The summed E-state index contributed by atoms with van der Waals surface area (Å²) in [5.74, 6) is 0.359. The number of non-ortho nitro benzene ring substituents is 1. The Bertz CT molecular complexity index is 828. The number of benzene rings is 1. The summed E-state index contributed by atoms with van der Waals surface area (Å²) >= 11 is 1.39. The third-order valence-electron chi connectivity index (χ3n) is 5.94. The normalized spacial score (nSPS) is 19.1. The molecule has 1 heterocycles. The molecule has 0 bridgehead atoms. The molecule has 1 aromatic carbocycles. The molecule has 0 spiro atoms. The molecule has 1 aliphatic rings. The SMILES string of the molecule is CC(C)(C)[Si](C)(C)O[C@@H]1C[C@@H](CSCC(N)=O)N(C(=O)OCc2ccc([N+](=O)[O-])cc2)C1. The molecule has 0 saturated carbocycles. The fourth-order valence-electron chi connectivity index (χ4n) is 3.17. The molecule has 2 rings (SSSR count). The van der Waals surface area contributed by atoms with E-state index in [9.17, 15) is 19.7 Å². The lowest BCUT2D eigenvalue weighted by atomic mass is 10.2. The van der Waals surface area contributed by atoms with Crippen molar-refractivity contribution < 1.29 is 23.7 Å². The van der Waals surface area contributed by atoms with E-state index in [1.165, 1.54) is 23.9 Å². The van der Waals surface area contributed by atoms with E-state index < -0.39 is 25.2 Å². The second-order valence-electron chi connectivity index (χ2n) is 9.50. The molecular formula is C21H33N3O6SSi. The fourth-order valence-corrected chi connectivity index (χ4v) is 5.44. The number of hydrogen-bond donors (Lipinski definition) is 1. The van der Waals surface area contributed by atoms with Crippen LogP contribution >= 0.6 is 11.8 Å². The van der Waals surface area contributed by atoms with Crippen molar-refractivity contribution in [1.82, 2.24) is 4.90 Å². The molecule has 0 aromatic heterocycles. The number of ether oxygens (including phenoxy) is 1. The van der Waals surface area contributed by atoms with E-state index in [0.717, 1.165) is 0 Å². The van der Waals surface area contributed by atoms with E-state index in [1.54, 1.807) is 17.0 Å². The van der Waals surface area contributed by atoms with Crippen molar-refractivity contribution in [3.63, 3.8) is 0 Å². The van der Waals surface area contributed by atoms with Crippen molar-refractivity contribution in [3.8, 4) is 0 Å². The zero-order valence-corrected chi connectivity index (χ0v) is 21.1. The number of nitro benzene ring substituents is 1. The Morgan fingerprint density at radius 1 is 1.28 bits per heavy atom. The van der Waals surface area contributed by atoms with Crippen LogP contribution in [0, 0.1) is 10.1 Å². The van der Waals surface area contributed by atoms with Gasteiger partial charge < -0.3 is 19.8 Å². The van der Waals surface area contributed by atoms with E-state index in [-0.39, 0.29) is 35.2 Å². The molecule has 0 radical (unpaired) electrons. The zero-order valence-electron chi connectivity index (χ0n) is 19.3. The van der Waals surface area contributed by atoms with Crippen LogP contribution in [0.15, 0.2) is 24.3 Å². The lowest BCUT2D eigenvalue weighted by Crippen LogP contribution is -2.44. The Kier molecular flexibility index (Phi) is 8.72. The Morgan fingerprint density at radius 2 is 1.91 bits per heavy atom. The van der Waals surface area contributed by atoms with Crippen molar-refractivity contribution >= 4 is 37.8 Å². The van der Waals surface area contributed by atoms with E-state index in [0.29, 0.717) is 24.3 Å². The van der Waals surface area contributed by atoms with Crippen molar-refractivity contribution in [3.05, 3.63) is 39.9 Å². The van der Waals surface area contributed by atoms with E-state index in [4.69, 9.17) is 14.9 Å². The van der Waals surface area contributed by atoms with Gasteiger partial charge >= 0.3 is 6.09 Å². The standard InChI is InChI=1S/C21H33N3O6SSi/c1-21(2,3)32(4,5)30-18-10-17(13-31-14-19(22)25)23(11-18)20(26)29-12-15-6-8-16(9-7-15)24(27)28/h6-9,17-18H,10-14H2,1-5H3,(H2,22,25)/t17-,18+/m0/s1. The van der Waals surface area contributed by atoms with Crippen LogP contribution in [-0.2, 0) is 20.6 Å². The van der Waals surface area contributed by atoms with Gasteiger partial charge in [0.2, 0.25) is 5.91 Å². The average molecular weight is 484 g/mol. The van der Waals surface area contributed by atoms with Crippen LogP contribution in [0.25, 0.3) is 0 Å². The third-order valence-corrected chi connectivity index (χ3v) is 11.6. The number of carbonyl (C=O) groups excluding carboxylic acids is 2. The Labute approximate surface area is 194 Å². The molecule has 2 N–H and O–H groups in total. The van der Waals surface area contributed by atoms with Gasteiger partial charge in [-0.2, -0.15) is 0 Å². The first-order valence-corrected chi connectivity index (χ1v) is 14.6. The number of nitrogens with zero attached hydrogens (tertiary/aromatic N) is 2. The fraction of sp³-hybridized carbons (Fsp3) is 0.619. The monoisotopic (exact) mass is 483 g/mol. The van der Waals surface area contributed by atoms with Crippen molar-refractivity contribution in [2.75, 3.05) is 18.1 Å². The highest BCUT2D eigenvalue weighted by molar-refractivity contribution is 8.00. The predicted octanol–water partition coefficient (Wildman–Crippen LogP) is 3.91. The number of nitrogens with two attached hydrogens (primary N) is 1. The summed E-state index contributed by atoms with van der Waals surface area (Å²) in [6.45, 7) is 11.3. The van der Waals surface area contributed by atoms with Gasteiger partial charge in [0.1, 0.15) is 6.61 Å². The minimum atomic E-state index is -2.01. The van der Waals surface area contributed by atoms with Crippen LogP contribution in [0.2, 0.25) is 18.1 Å². The van der Waals surface area contributed by atoms with Crippen LogP contribution < -0.4 is 5.73 Å². The number of thioether (sulfide) groups is 1. The maximum atomic E-state index is 12.9. The smallest absolute Gasteiger partial charge is 0.410 e. The van der Waals surface area contributed by atoms with Crippen LogP contribution in [0.5, 0.6) is 0 Å². The van der Waals surface area contributed by atoms with E-state index in [2.05, 4.69) is 33.9 Å². The molecule has 11 heteroatoms. The van der Waals surface area contributed by atoms with Gasteiger partial charge in [-0.1, -0.05) is 20.8 Å². The molecule has 1 saturated heterocycles. The average Bonchev–Trinajstić information content (AvgIpc) is 3.07. The number of rotatable bonds is 9. The number of amides is 2. The molecule has 178 valence electrons. The van der Waals surface area contributed by atoms with Gasteiger partial charge in [-0.25, -0.2) is 4.79 Å². The molecule has 0 unspecified atom stereocenters. The molecule has 2 atom stereocenters. The summed E-state index contributed by atoms with van der Waals surface area (Å²) in [6, 6.07) is 5.77. The maximum Gasteiger partial charge on any atom is 0.410 e. The minimum Gasteiger partial charge on any atom is -0.445 e. The lowest BCUT2D eigenvalue weighted by molar-refractivity contribution is -0.384. The summed E-state index contributed by atoms with van der Waals surface area (Å²) in [5.41, 5.74) is 5.89. The highest BCUT2D eigenvalue weighted by Crippen LogP contribution is 2.39. The molecule has 1 aliphatic heterocycles. The number of hydrogen-bond acceptors (Lipinski definition) is 7. The quantitative estimate of drug-likeness (QED) is 0.321. The topological polar surface area (TPSA) is 125 Å². The minimum absolute atomic E-state index is 0.0161. The van der Waals surface area contributed by atoms with Crippen molar-refractivity contribution in [2.24, 2.45) is 5.73 Å². The molecule has 1 fully saturated rings. The summed E-state index contributed by atoms with van der Waals surface area (Å²) in [4.78, 5) is 35.9. The molecular weight excluding hydrogens is 450 g/mol. The Balaban J connectivity index is 2.03. The van der Waals surface area contributed by atoms with Gasteiger partial charge in [0.05, 0.1) is 16.8 Å². The number of likely N-dealkylation sites (tertiary alicyclic amines) is 1. The first kappa shape index (κ1) is 26.1. The summed E-state index contributed by atoms with van der Waals surface area (Å²) in [5, 5.41) is 10.8. The number of nitro groups is 1. The van der Waals surface area contributed by atoms with E-state index >= 15 is 0 Å². The molecule has 2 amide bonds. The second kappa shape index (κ2) is 10.7. The van der Waals surface area contributed by atoms with Crippen LogP contribution in [0.3, 0.4) is 0 Å². The number of primary amides is 1. The summed E-state index contributed by atoms with van der Waals surface area (Å²) < 4.78 is 12.0. The zero-order chi connectivity index (χ0) is 24.1. The highest BCUT2D eigenvalue weighted by Gasteiger charge is 2.44. The molecule has 1 aromatic rings. The lowest BCUT2D eigenvalue weighted by Gasteiger charge is -2.38. The third kappa shape index (κ3) is 7.21. The van der Waals surface area contributed by atoms with Gasteiger partial charge in [-0.3, -0.25) is 14.9 Å². The Hall–Kier alpha value is -2.11. The Morgan fingerprint density at radius 3 is 2.44 bits per heavy atom. The van der Waals surface area contributed by atoms with Crippen LogP contribution in [-0.4, -0.2) is 60.3 Å². The van der Waals surface area contributed by atoms with Gasteiger partial charge in [0, 0.05) is 30.5 Å². The highest BCUT2D eigenvalue weighted by atomic mass is 32.2. The second-order valence-corrected chi connectivity index (χ2v) is 15.3. The largest absolute Gasteiger partial charge is 0.445 e. The first-order valence-electron chi connectivity index (χ1n) is 10.5. The van der Waals surface area contributed by atoms with E-state index in [1.807, 2.05) is 0 Å². The van der Waals surface area contributed by atoms with Gasteiger partial charge in [0.15, 0.2) is 8.32 Å². The molecule has 32 heavy (non-hydrogen) atoms. The molecule has 9 nitrogen and oxygen atoms in total. The first-order chi connectivity index (χ1) is 14.8. The number of carbonyl (C=O) groups is 2.